The van der Waals surface area contributed by atoms with Crippen LogP contribution in [0.3, 0.4) is 0 Å². The molecular formula is C41H24N2S2. The van der Waals surface area contributed by atoms with Crippen LogP contribution in [0.4, 0.5) is 0 Å². The quantitative estimate of drug-likeness (QED) is 0.195. The number of rotatable bonds is 3. The van der Waals surface area contributed by atoms with Crippen LogP contribution in [0, 0.1) is 0 Å². The van der Waals surface area contributed by atoms with Crippen LogP contribution in [-0.4, -0.2) is 9.55 Å². The van der Waals surface area contributed by atoms with Gasteiger partial charge in [-0.15, -0.1) is 22.7 Å². The molecule has 0 spiro atoms. The van der Waals surface area contributed by atoms with Crippen molar-refractivity contribution in [1.29, 1.82) is 0 Å². The zero-order valence-corrected chi connectivity index (χ0v) is 25.7. The van der Waals surface area contributed by atoms with Gasteiger partial charge in [-0.25, -0.2) is 4.98 Å². The van der Waals surface area contributed by atoms with Gasteiger partial charge in [0.25, 0.3) is 0 Å². The Morgan fingerprint density at radius 2 is 1.11 bits per heavy atom. The fraction of sp³-hybridized carbons (Fsp3) is 0. The molecule has 210 valence electrons. The number of hydrogen-bond acceptors (Lipinski definition) is 3. The van der Waals surface area contributed by atoms with Gasteiger partial charge in [0.05, 0.1) is 15.7 Å². The summed E-state index contributed by atoms with van der Waals surface area (Å²) in [6.45, 7) is 0. The predicted octanol–water partition coefficient (Wildman–Crippen LogP) is 12.2. The summed E-state index contributed by atoms with van der Waals surface area (Å²) in [4.78, 5) is 5.94. The number of fused-ring (bicyclic) bond motifs is 12. The summed E-state index contributed by atoms with van der Waals surface area (Å²) < 4.78 is 6.49. The Balaban J connectivity index is 1.45. The summed E-state index contributed by atoms with van der Waals surface area (Å²) in [6, 6.07) is 50.7. The lowest BCUT2D eigenvalue weighted by Crippen LogP contribution is -1.96. The van der Waals surface area contributed by atoms with Gasteiger partial charge in [-0.2, -0.15) is 0 Å². The molecule has 45 heavy (non-hydrogen) atoms. The second-order valence-corrected chi connectivity index (χ2v) is 13.6. The lowest BCUT2D eigenvalue weighted by atomic mass is 9.98. The standard InChI is InChI=1S/C41H24N2S2/c1-3-12-25(13-4-1)27-22-28(26-14-5-2-6-15-26)24-29(23-27)43-33-19-9-7-16-30(33)35-36-32-18-11-21-42-41(32)45-39(36)37-31-17-8-10-20-34(31)44-40(37)38(35)43/h1-24H. The summed E-state index contributed by atoms with van der Waals surface area (Å²) in [6.07, 6.45) is 1.92. The van der Waals surface area contributed by atoms with Crippen LogP contribution < -0.4 is 0 Å². The molecule has 6 aromatic carbocycles. The molecule has 0 atom stereocenters. The highest BCUT2D eigenvalue weighted by Gasteiger charge is 2.25. The van der Waals surface area contributed by atoms with E-state index in [2.05, 4.69) is 144 Å². The highest BCUT2D eigenvalue weighted by Crippen LogP contribution is 2.52. The van der Waals surface area contributed by atoms with E-state index in [1.54, 1.807) is 0 Å². The average molecular weight is 609 g/mol. The van der Waals surface area contributed by atoms with E-state index in [0.717, 1.165) is 10.5 Å². The van der Waals surface area contributed by atoms with Crippen LogP contribution >= 0.6 is 22.7 Å². The van der Waals surface area contributed by atoms with Crippen LogP contribution in [0.5, 0.6) is 0 Å². The third kappa shape index (κ3) is 3.64. The molecule has 0 saturated carbocycles. The first kappa shape index (κ1) is 25.1. The highest BCUT2D eigenvalue weighted by atomic mass is 32.1. The molecule has 4 heteroatoms. The molecule has 4 heterocycles. The Hall–Kier alpha value is -5.29. The summed E-state index contributed by atoms with van der Waals surface area (Å²) in [5, 5.41) is 7.78. The second kappa shape index (κ2) is 9.60. The first-order chi connectivity index (χ1) is 22.3. The molecule has 0 amide bonds. The van der Waals surface area contributed by atoms with Crippen LogP contribution in [0.25, 0.3) is 90.2 Å². The topological polar surface area (TPSA) is 17.8 Å². The zero-order valence-electron chi connectivity index (χ0n) is 24.1. The first-order valence-corrected chi connectivity index (χ1v) is 16.8. The Bertz CT molecular complexity index is 2690. The van der Waals surface area contributed by atoms with E-state index in [0.29, 0.717) is 0 Å². The summed E-state index contributed by atoms with van der Waals surface area (Å²) >= 11 is 3.73. The lowest BCUT2D eigenvalue weighted by molar-refractivity contribution is 1.19. The Kier molecular flexibility index (Phi) is 5.35. The Labute approximate surface area is 267 Å². The first-order valence-electron chi connectivity index (χ1n) is 15.1. The Morgan fingerprint density at radius 3 is 1.87 bits per heavy atom. The minimum absolute atomic E-state index is 1.09. The van der Waals surface area contributed by atoms with E-state index in [4.69, 9.17) is 4.98 Å². The molecule has 10 rings (SSSR count). The molecule has 4 aromatic heterocycles. The summed E-state index contributed by atoms with van der Waals surface area (Å²) in [5.74, 6) is 0. The normalized spacial score (nSPS) is 12.0. The van der Waals surface area contributed by atoms with E-state index in [-0.39, 0.29) is 0 Å². The molecule has 2 nitrogen and oxygen atoms in total. The van der Waals surface area contributed by atoms with Crippen molar-refractivity contribution in [3.05, 3.63) is 146 Å². The van der Waals surface area contributed by atoms with E-state index in [1.165, 1.54) is 79.7 Å². The van der Waals surface area contributed by atoms with Crippen molar-refractivity contribution in [2.75, 3.05) is 0 Å². The largest absolute Gasteiger partial charge is 0.308 e. The van der Waals surface area contributed by atoms with Crippen molar-refractivity contribution >= 4 is 85.0 Å². The van der Waals surface area contributed by atoms with Crippen molar-refractivity contribution in [2.45, 2.75) is 0 Å². The van der Waals surface area contributed by atoms with Gasteiger partial charge in [-0.05, 0) is 64.7 Å². The van der Waals surface area contributed by atoms with Gasteiger partial charge in [0.15, 0.2) is 0 Å². The number of pyridine rings is 1. The third-order valence-electron chi connectivity index (χ3n) is 9.02. The van der Waals surface area contributed by atoms with Gasteiger partial charge < -0.3 is 4.57 Å². The van der Waals surface area contributed by atoms with Crippen molar-refractivity contribution < 1.29 is 0 Å². The predicted molar refractivity (Wildman–Crippen MR) is 195 cm³/mol. The maximum atomic E-state index is 4.85. The summed E-state index contributed by atoms with van der Waals surface area (Å²) in [7, 11) is 0. The monoisotopic (exact) mass is 608 g/mol. The van der Waals surface area contributed by atoms with Gasteiger partial charge in [-0.1, -0.05) is 97.1 Å². The third-order valence-corrected chi connectivity index (χ3v) is 11.3. The minimum atomic E-state index is 1.09. The van der Waals surface area contributed by atoms with Gasteiger partial charge in [-0.3, -0.25) is 0 Å². The van der Waals surface area contributed by atoms with Crippen molar-refractivity contribution in [1.82, 2.24) is 9.55 Å². The molecule has 0 unspecified atom stereocenters. The van der Waals surface area contributed by atoms with Crippen molar-refractivity contribution in [3.63, 3.8) is 0 Å². The maximum absolute atomic E-state index is 4.85. The van der Waals surface area contributed by atoms with Crippen LogP contribution in [0.2, 0.25) is 0 Å². The number of aromatic nitrogens is 2. The summed E-state index contributed by atoms with van der Waals surface area (Å²) in [5.41, 5.74) is 8.48. The second-order valence-electron chi connectivity index (χ2n) is 11.5. The van der Waals surface area contributed by atoms with Crippen LogP contribution in [-0.2, 0) is 0 Å². The number of nitrogens with zero attached hydrogens (tertiary/aromatic N) is 2. The molecule has 0 saturated heterocycles. The smallest absolute Gasteiger partial charge is 0.124 e. The molecular weight excluding hydrogens is 585 g/mol. The number of benzene rings is 6. The van der Waals surface area contributed by atoms with Gasteiger partial charge in [0, 0.05) is 53.6 Å². The fourth-order valence-electron chi connectivity index (χ4n) is 7.11. The molecule has 0 N–H and O–H groups in total. The molecule has 0 radical (unpaired) electrons. The van der Waals surface area contributed by atoms with Crippen molar-refractivity contribution in [3.8, 4) is 27.9 Å². The zero-order chi connectivity index (χ0) is 29.5. The minimum Gasteiger partial charge on any atom is -0.308 e. The maximum Gasteiger partial charge on any atom is 0.124 e. The lowest BCUT2D eigenvalue weighted by Gasteiger charge is -2.14. The fourth-order valence-corrected chi connectivity index (χ4v) is 9.64. The molecule has 0 aliphatic rings. The van der Waals surface area contributed by atoms with E-state index < -0.39 is 0 Å². The van der Waals surface area contributed by atoms with E-state index >= 15 is 0 Å². The van der Waals surface area contributed by atoms with Gasteiger partial charge in [0.2, 0.25) is 0 Å². The molecule has 0 bridgehead atoms. The number of para-hydroxylation sites is 1. The van der Waals surface area contributed by atoms with Gasteiger partial charge in [0.1, 0.15) is 4.83 Å². The molecule has 0 aliphatic carbocycles. The van der Waals surface area contributed by atoms with E-state index in [1.807, 2.05) is 28.9 Å². The van der Waals surface area contributed by atoms with Crippen molar-refractivity contribution in [2.24, 2.45) is 0 Å². The van der Waals surface area contributed by atoms with Crippen LogP contribution in [0.15, 0.2) is 146 Å². The number of hydrogen-bond donors (Lipinski definition) is 0. The SMILES string of the molecule is c1ccc(-c2cc(-c3ccccc3)cc(-n3c4ccccc4c4c5c6cccnc6sc5c5c6ccccc6sc5c43)c2)cc1. The molecule has 10 aromatic rings. The molecule has 0 fully saturated rings. The van der Waals surface area contributed by atoms with Gasteiger partial charge >= 0.3 is 0 Å². The highest BCUT2D eigenvalue weighted by molar-refractivity contribution is 7.30. The van der Waals surface area contributed by atoms with E-state index in [9.17, 15) is 0 Å². The number of thiophene rings is 2. The van der Waals surface area contributed by atoms with Crippen LogP contribution in [0.1, 0.15) is 0 Å². The molecule has 0 aliphatic heterocycles. The Morgan fingerprint density at radius 1 is 0.467 bits per heavy atom. The average Bonchev–Trinajstić information content (AvgIpc) is 3.78.